The van der Waals surface area contributed by atoms with Crippen molar-refractivity contribution < 1.29 is 4.79 Å². The third-order valence-corrected chi connectivity index (χ3v) is 4.14. The highest BCUT2D eigenvalue weighted by Gasteiger charge is 2.31. The van der Waals surface area contributed by atoms with E-state index in [2.05, 4.69) is 21.2 Å². The molecule has 1 N–H and O–H groups in total. The number of benzene rings is 1. The van der Waals surface area contributed by atoms with Crippen LogP contribution in [0.5, 0.6) is 0 Å². The van der Waals surface area contributed by atoms with E-state index in [1.807, 2.05) is 0 Å². The molecule has 2 fully saturated rings. The van der Waals surface area contributed by atoms with Crippen molar-refractivity contribution in [3.63, 3.8) is 0 Å². The Hall–Kier alpha value is -1.90. The maximum absolute atomic E-state index is 12.0. The summed E-state index contributed by atoms with van der Waals surface area (Å²) in [5.74, 6) is 0.0135. The van der Waals surface area contributed by atoms with Crippen LogP contribution in [-0.4, -0.2) is 54.5 Å². The second kappa shape index (κ2) is 6.25. The zero-order chi connectivity index (χ0) is 14.7. The molecule has 110 valence electrons. The largest absolute Gasteiger partial charge is 0.325 e. The topological polar surface area (TPSA) is 59.4 Å². The summed E-state index contributed by atoms with van der Waals surface area (Å²) in [6.07, 6.45) is 2.69. The first kappa shape index (κ1) is 14.1. The van der Waals surface area contributed by atoms with Gasteiger partial charge in [0.2, 0.25) is 5.91 Å². The summed E-state index contributed by atoms with van der Waals surface area (Å²) in [6.45, 7) is 4.54. The lowest BCUT2D eigenvalue weighted by molar-refractivity contribution is -0.117. The summed E-state index contributed by atoms with van der Waals surface area (Å²) in [4.78, 5) is 16.8. The highest BCUT2D eigenvalue weighted by molar-refractivity contribution is 5.92. The van der Waals surface area contributed by atoms with Crippen LogP contribution in [0.3, 0.4) is 0 Å². The SMILES string of the molecule is N#Cc1ccc(NC(=O)CN2CCN(C3CC3)CC2)cc1. The van der Waals surface area contributed by atoms with Crippen molar-refractivity contribution in [2.24, 2.45) is 0 Å². The van der Waals surface area contributed by atoms with Crippen LogP contribution in [0.1, 0.15) is 18.4 Å². The molecule has 1 aliphatic heterocycles. The molecule has 0 atom stereocenters. The first-order chi connectivity index (χ1) is 10.2. The molecule has 1 heterocycles. The van der Waals surface area contributed by atoms with Crippen molar-refractivity contribution in [3.8, 4) is 6.07 Å². The van der Waals surface area contributed by atoms with Gasteiger partial charge in [-0.2, -0.15) is 5.26 Å². The number of carbonyl (C=O) groups excluding carboxylic acids is 1. The molecule has 0 unspecified atom stereocenters. The number of carbonyl (C=O) groups is 1. The number of nitriles is 1. The summed E-state index contributed by atoms with van der Waals surface area (Å²) in [6, 6.07) is 9.84. The van der Waals surface area contributed by atoms with Crippen LogP contribution in [-0.2, 0) is 4.79 Å². The minimum atomic E-state index is 0.0135. The fourth-order valence-corrected chi connectivity index (χ4v) is 2.76. The number of amides is 1. The zero-order valence-electron chi connectivity index (χ0n) is 12.1. The molecule has 1 aromatic rings. The van der Waals surface area contributed by atoms with Crippen molar-refractivity contribution in [2.75, 3.05) is 38.0 Å². The van der Waals surface area contributed by atoms with Gasteiger partial charge < -0.3 is 5.32 Å². The van der Waals surface area contributed by atoms with Gasteiger partial charge >= 0.3 is 0 Å². The summed E-state index contributed by atoms with van der Waals surface area (Å²) < 4.78 is 0. The van der Waals surface area contributed by atoms with Gasteiger partial charge in [0.1, 0.15) is 0 Å². The number of hydrogen-bond acceptors (Lipinski definition) is 4. The van der Waals surface area contributed by atoms with E-state index in [0.717, 1.165) is 37.9 Å². The molecular weight excluding hydrogens is 264 g/mol. The van der Waals surface area contributed by atoms with Gasteiger partial charge in [-0.15, -0.1) is 0 Å². The molecule has 5 nitrogen and oxygen atoms in total. The molecule has 1 aromatic carbocycles. The molecule has 1 saturated carbocycles. The molecular formula is C16H20N4O. The molecule has 0 bridgehead atoms. The van der Waals surface area contributed by atoms with Crippen LogP contribution in [0, 0.1) is 11.3 Å². The minimum absolute atomic E-state index is 0.0135. The number of hydrogen-bond donors (Lipinski definition) is 1. The summed E-state index contributed by atoms with van der Waals surface area (Å²) in [5, 5.41) is 11.6. The van der Waals surface area contributed by atoms with Crippen molar-refractivity contribution in [3.05, 3.63) is 29.8 Å². The zero-order valence-corrected chi connectivity index (χ0v) is 12.1. The van der Waals surface area contributed by atoms with Crippen molar-refractivity contribution >= 4 is 11.6 Å². The van der Waals surface area contributed by atoms with E-state index >= 15 is 0 Å². The molecule has 1 saturated heterocycles. The number of anilines is 1. The third kappa shape index (κ3) is 3.81. The van der Waals surface area contributed by atoms with E-state index in [0.29, 0.717) is 12.1 Å². The Labute approximate surface area is 125 Å². The summed E-state index contributed by atoms with van der Waals surface area (Å²) >= 11 is 0. The van der Waals surface area contributed by atoms with Crippen LogP contribution >= 0.6 is 0 Å². The summed E-state index contributed by atoms with van der Waals surface area (Å²) in [7, 11) is 0. The highest BCUT2D eigenvalue weighted by Crippen LogP contribution is 2.27. The predicted molar refractivity (Wildman–Crippen MR) is 80.8 cm³/mol. The molecule has 21 heavy (non-hydrogen) atoms. The lowest BCUT2D eigenvalue weighted by Gasteiger charge is -2.34. The van der Waals surface area contributed by atoms with Gasteiger partial charge in [-0.1, -0.05) is 0 Å². The molecule has 2 aliphatic rings. The molecule has 1 aliphatic carbocycles. The number of piperazine rings is 1. The lowest BCUT2D eigenvalue weighted by Crippen LogP contribution is -2.49. The van der Waals surface area contributed by atoms with Gasteiger partial charge in [0.05, 0.1) is 18.2 Å². The maximum atomic E-state index is 12.0. The first-order valence-corrected chi connectivity index (χ1v) is 7.51. The number of nitrogens with zero attached hydrogens (tertiary/aromatic N) is 3. The fraction of sp³-hybridized carbons (Fsp3) is 0.500. The van der Waals surface area contributed by atoms with E-state index < -0.39 is 0 Å². The van der Waals surface area contributed by atoms with Gasteiger partial charge in [-0.25, -0.2) is 0 Å². The Morgan fingerprint density at radius 3 is 2.43 bits per heavy atom. The standard InChI is InChI=1S/C16H20N4O/c17-11-13-1-3-14(4-2-13)18-16(21)12-19-7-9-20(10-8-19)15-5-6-15/h1-4,15H,5-10,12H2,(H,18,21). The number of rotatable bonds is 4. The minimum Gasteiger partial charge on any atom is -0.325 e. The van der Waals surface area contributed by atoms with Crippen molar-refractivity contribution in [1.82, 2.24) is 9.80 Å². The monoisotopic (exact) mass is 284 g/mol. The quantitative estimate of drug-likeness (QED) is 0.905. The first-order valence-electron chi connectivity index (χ1n) is 7.51. The lowest BCUT2D eigenvalue weighted by atomic mass is 10.2. The van der Waals surface area contributed by atoms with Crippen molar-refractivity contribution in [1.29, 1.82) is 5.26 Å². The average molecular weight is 284 g/mol. The van der Waals surface area contributed by atoms with Gasteiger partial charge in [0.25, 0.3) is 0 Å². The Morgan fingerprint density at radius 2 is 1.86 bits per heavy atom. The average Bonchev–Trinajstić information content (AvgIpc) is 3.33. The molecule has 0 aromatic heterocycles. The van der Waals surface area contributed by atoms with Crippen LogP contribution < -0.4 is 5.32 Å². The van der Waals surface area contributed by atoms with Crippen LogP contribution in [0.4, 0.5) is 5.69 Å². The smallest absolute Gasteiger partial charge is 0.238 e. The fourth-order valence-electron chi connectivity index (χ4n) is 2.76. The second-order valence-corrected chi connectivity index (χ2v) is 5.78. The van der Waals surface area contributed by atoms with E-state index in [1.54, 1.807) is 24.3 Å². The summed E-state index contributed by atoms with van der Waals surface area (Å²) in [5.41, 5.74) is 1.35. The Morgan fingerprint density at radius 1 is 1.19 bits per heavy atom. The van der Waals surface area contributed by atoms with E-state index in [9.17, 15) is 4.79 Å². The maximum Gasteiger partial charge on any atom is 0.238 e. The predicted octanol–water partition coefficient (Wildman–Crippen LogP) is 1.28. The second-order valence-electron chi connectivity index (χ2n) is 5.78. The van der Waals surface area contributed by atoms with E-state index in [-0.39, 0.29) is 5.91 Å². The highest BCUT2D eigenvalue weighted by atomic mass is 16.2. The van der Waals surface area contributed by atoms with Gasteiger partial charge in [-0.3, -0.25) is 14.6 Å². The van der Waals surface area contributed by atoms with Gasteiger partial charge in [0, 0.05) is 37.9 Å². The van der Waals surface area contributed by atoms with Crippen LogP contribution in [0.15, 0.2) is 24.3 Å². The van der Waals surface area contributed by atoms with E-state index in [1.165, 1.54) is 12.8 Å². The Balaban J connectivity index is 1.44. The third-order valence-electron chi connectivity index (χ3n) is 4.14. The van der Waals surface area contributed by atoms with Gasteiger partial charge in [-0.05, 0) is 37.1 Å². The van der Waals surface area contributed by atoms with Gasteiger partial charge in [0.15, 0.2) is 0 Å². The molecule has 5 heteroatoms. The molecule has 0 spiro atoms. The van der Waals surface area contributed by atoms with Crippen LogP contribution in [0.2, 0.25) is 0 Å². The molecule has 3 rings (SSSR count). The van der Waals surface area contributed by atoms with Crippen molar-refractivity contribution in [2.45, 2.75) is 18.9 Å². The molecule has 0 radical (unpaired) electrons. The van der Waals surface area contributed by atoms with Crippen LogP contribution in [0.25, 0.3) is 0 Å². The van der Waals surface area contributed by atoms with E-state index in [4.69, 9.17) is 5.26 Å². The molecule has 1 amide bonds. The Kier molecular flexibility index (Phi) is 4.18. The normalized spacial score (nSPS) is 20.0. The number of nitrogens with one attached hydrogen (secondary N) is 1. The Bertz CT molecular complexity index is 536.